The Bertz CT molecular complexity index is 431. The smallest absolute Gasteiger partial charge is 0.306 e. The average Bonchev–Trinajstić information content (AvgIpc) is 2.39. The number of aliphatic carboxylic acids is 1. The molecule has 1 unspecified atom stereocenters. The summed E-state index contributed by atoms with van der Waals surface area (Å²) >= 11 is 1.73. The van der Waals surface area contributed by atoms with E-state index in [1.165, 1.54) is 5.56 Å². The van der Waals surface area contributed by atoms with Gasteiger partial charge in [-0.05, 0) is 30.4 Å². The average molecular weight is 281 g/mol. The summed E-state index contributed by atoms with van der Waals surface area (Å²) in [5.41, 5.74) is 1.79. The largest absolute Gasteiger partial charge is 0.481 e. The van der Waals surface area contributed by atoms with E-state index < -0.39 is 11.9 Å². The molecule has 104 valence electrons. The summed E-state index contributed by atoms with van der Waals surface area (Å²) in [4.78, 5) is 22.4. The van der Waals surface area contributed by atoms with Gasteiger partial charge in [-0.3, -0.25) is 9.59 Å². The Labute approximate surface area is 117 Å². The van der Waals surface area contributed by atoms with Gasteiger partial charge in [0.1, 0.15) is 0 Å². The van der Waals surface area contributed by atoms with E-state index in [2.05, 4.69) is 5.32 Å². The van der Waals surface area contributed by atoms with Crippen molar-refractivity contribution in [2.45, 2.75) is 19.1 Å². The molecule has 0 heterocycles. The van der Waals surface area contributed by atoms with E-state index in [0.29, 0.717) is 18.5 Å². The van der Waals surface area contributed by atoms with Gasteiger partial charge in [0.2, 0.25) is 0 Å². The van der Waals surface area contributed by atoms with Crippen molar-refractivity contribution in [2.75, 3.05) is 12.8 Å². The molecule has 0 saturated heterocycles. The zero-order valence-electron chi connectivity index (χ0n) is 11.2. The van der Waals surface area contributed by atoms with Crippen molar-refractivity contribution in [3.8, 4) is 0 Å². The molecule has 19 heavy (non-hydrogen) atoms. The van der Waals surface area contributed by atoms with Crippen LogP contribution in [0.1, 0.15) is 29.3 Å². The molecule has 0 aliphatic heterocycles. The van der Waals surface area contributed by atoms with Crippen molar-refractivity contribution in [3.63, 3.8) is 0 Å². The van der Waals surface area contributed by atoms with Crippen molar-refractivity contribution in [1.82, 2.24) is 5.32 Å². The summed E-state index contributed by atoms with van der Waals surface area (Å²) in [6.07, 6.45) is 2.47. The lowest BCUT2D eigenvalue weighted by Crippen LogP contribution is -2.27. The van der Waals surface area contributed by atoms with Crippen LogP contribution >= 0.6 is 11.8 Å². The molecular weight excluding hydrogens is 262 g/mol. The summed E-state index contributed by atoms with van der Waals surface area (Å²) in [6.45, 7) is 2.00. The molecular formula is C14H19NO3S. The summed E-state index contributed by atoms with van der Waals surface area (Å²) < 4.78 is 0. The second-order valence-electron chi connectivity index (χ2n) is 4.41. The molecule has 1 atom stereocenters. The van der Waals surface area contributed by atoms with Crippen molar-refractivity contribution in [3.05, 3.63) is 35.4 Å². The monoisotopic (exact) mass is 281 g/mol. The fourth-order valence-electron chi connectivity index (χ4n) is 1.55. The van der Waals surface area contributed by atoms with E-state index in [4.69, 9.17) is 5.11 Å². The number of thioether (sulfide) groups is 1. The Hall–Kier alpha value is -1.49. The molecule has 1 aromatic rings. The first kappa shape index (κ1) is 15.6. The van der Waals surface area contributed by atoms with E-state index in [0.717, 1.165) is 5.75 Å². The van der Waals surface area contributed by atoms with Gasteiger partial charge in [-0.2, -0.15) is 11.8 Å². The number of benzene rings is 1. The van der Waals surface area contributed by atoms with Gasteiger partial charge in [-0.15, -0.1) is 0 Å². The van der Waals surface area contributed by atoms with E-state index >= 15 is 0 Å². The molecule has 0 bridgehead atoms. The first-order valence-corrected chi connectivity index (χ1v) is 7.53. The maximum Gasteiger partial charge on any atom is 0.306 e. The van der Waals surface area contributed by atoms with Gasteiger partial charge in [-0.25, -0.2) is 0 Å². The van der Waals surface area contributed by atoms with Crippen LogP contribution in [0.4, 0.5) is 0 Å². The number of amides is 1. The zero-order valence-corrected chi connectivity index (χ0v) is 12.0. The van der Waals surface area contributed by atoms with Crippen LogP contribution < -0.4 is 5.32 Å². The van der Waals surface area contributed by atoms with Gasteiger partial charge in [-0.1, -0.05) is 19.1 Å². The number of carboxylic acids is 1. The fraction of sp³-hybridized carbons (Fsp3) is 0.429. The van der Waals surface area contributed by atoms with Crippen molar-refractivity contribution < 1.29 is 14.7 Å². The second-order valence-corrected chi connectivity index (χ2v) is 5.28. The van der Waals surface area contributed by atoms with Crippen molar-refractivity contribution >= 4 is 23.6 Å². The number of carboxylic acid groups (broad SMARTS) is 1. The van der Waals surface area contributed by atoms with Crippen molar-refractivity contribution in [2.24, 2.45) is 5.92 Å². The van der Waals surface area contributed by atoms with Crippen molar-refractivity contribution in [1.29, 1.82) is 0 Å². The fourth-order valence-corrected chi connectivity index (χ4v) is 2.07. The number of rotatable bonds is 7. The summed E-state index contributed by atoms with van der Waals surface area (Å²) in [6, 6.07) is 7.46. The number of hydrogen-bond donors (Lipinski definition) is 2. The number of carbonyl (C=O) groups is 2. The molecule has 0 radical (unpaired) electrons. The second kappa shape index (κ2) is 7.84. The van der Waals surface area contributed by atoms with Crippen LogP contribution in [-0.4, -0.2) is 29.8 Å². The molecule has 4 nitrogen and oxygen atoms in total. The maximum atomic E-state index is 11.8. The molecule has 0 fully saturated rings. The number of carbonyl (C=O) groups excluding carboxylic acids is 1. The van der Waals surface area contributed by atoms with Gasteiger partial charge in [0.25, 0.3) is 5.91 Å². The summed E-state index contributed by atoms with van der Waals surface area (Å²) in [7, 11) is 0. The predicted molar refractivity (Wildman–Crippen MR) is 77.4 cm³/mol. The molecule has 1 aromatic carbocycles. The van der Waals surface area contributed by atoms with Gasteiger partial charge in [0.05, 0.1) is 5.92 Å². The Morgan fingerprint density at radius 2 is 1.95 bits per heavy atom. The Morgan fingerprint density at radius 3 is 2.47 bits per heavy atom. The van der Waals surface area contributed by atoms with Crippen LogP contribution in [0.25, 0.3) is 0 Å². The molecule has 1 amide bonds. The minimum absolute atomic E-state index is 0.159. The summed E-state index contributed by atoms with van der Waals surface area (Å²) in [5.74, 6) is -0.508. The molecule has 5 heteroatoms. The highest BCUT2D eigenvalue weighted by molar-refractivity contribution is 7.97. The topological polar surface area (TPSA) is 66.4 Å². The number of hydrogen-bond acceptors (Lipinski definition) is 3. The lowest BCUT2D eigenvalue weighted by atomic mass is 10.1. The molecule has 0 aliphatic carbocycles. The Balaban J connectivity index is 2.43. The van der Waals surface area contributed by atoms with E-state index in [-0.39, 0.29) is 5.91 Å². The maximum absolute atomic E-state index is 11.8. The van der Waals surface area contributed by atoms with Gasteiger partial charge >= 0.3 is 5.97 Å². The molecule has 0 aliphatic rings. The van der Waals surface area contributed by atoms with E-state index in [9.17, 15) is 9.59 Å². The summed E-state index contributed by atoms with van der Waals surface area (Å²) in [5, 5.41) is 11.5. The minimum Gasteiger partial charge on any atom is -0.481 e. The van der Waals surface area contributed by atoms with Crippen LogP contribution in [0.15, 0.2) is 24.3 Å². The quantitative estimate of drug-likeness (QED) is 0.805. The van der Waals surface area contributed by atoms with Crippen LogP contribution in [0.3, 0.4) is 0 Å². The standard InChI is InChI=1S/C14H19NO3S/c1-10(14(17)18)7-8-15-13(16)12-5-3-11(4-6-12)9-19-2/h3-6,10H,7-9H2,1-2H3,(H,15,16)(H,17,18). The highest BCUT2D eigenvalue weighted by atomic mass is 32.2. The lowest BCUT2D eigenvalue weighted by molar-refractivity contribution is -0.141. The van der Waals surface area contributed by atoms with E-state index in [1.54, 1.807) is 30.8 Å². The van der Waals surface area contributed by atoms with Gasteiger partial charge in [0, 0.05) is 17.9 Å². The molecule has 1 rings (SSSR count). The first-order chi connectivity index (χ1) is 9.04. The molecule has 2 N–H and O–H groups in total. The third kappa shape index (κ3) is 5.34. The zero-order chi connectivity index (χ0) is 14.3. The minimum atomic E-state index is -0.837. The highest BCUT2D eigenvalue weighted by Gasteiger charge is 2.11. The predicted octanol–water partition coefficient (Wildman–Crippen LogP) is 2.39. The Kier molecular flexibility index (Phi) is 6.42. The van der Waals surface area contributed by atoms with Gasteiger partial charge < -0.3 is 10.4 Å². The molecule has 0 spiro atoms. The van der Waals surface area contributed by atoms with Crippen LogP contribution in [0.2, 0.25) is 0 Å². The van der Waals surface area contributed by atoms with Crippen LogP contribution in [-0.2, 0) is 10.5 Å². The third-order valence-corrected chi connectivity index (χ3v) is 3.43. The molecule has 0 saturated carbocycles. The SMILES string of the molecule is CSCc1ccc(C(=O)NCCC(C)C(=O)O)cc1. The molecule has 0 aromatic heterocycles. The number of nitrogens with one attached hydrogen (secondary N) is 1. The first-order valence-electron chi connectivity index (χ1n) is 6.13. The Morgan fingerprint density at radius 1 is 1.32 bits per heavy atom. The van der Waals surface area contributed by atoms with E-state index in [1.807, 2.05) is 18.4 Å². The highest BCUT2D eigenvalue weighted by Crippen LogP contribution is 2.10. The normalized spacial score (nSPS) is 11.9. The third-order valence-electron chi connectivity index (χ3n) is 2.81. The van der Waals surface area contributed by atoms with Crippen LogP contribution in [0, 0.1) is 5.92 Å². The van der Waals surface area contributed by atoms with Gasteiger partial charge in [0.15, 0.2) is 0 Å². The van der Waals surface area contributed by atoms with Crippen LogP contribution in [0.5, 0.6) is 0 Å². The lowest BCUT2D eigenvalue weighted by Gasteiger charge is -2.08.